The van der Waals surface area contributed by atoms with Crippen LogP contribution < -0.4 is 0 Å². The van der Waals surface area contributed by atoms with E-state index in [0.29, 0.717) is 13.2 Å². The number of rotatable bonds is 10. The Morgan fingerprint density at radius 2 is 1.32 bits per heavy atom. The number of hydrogen-bond donors (Lipinski definition) is 0. The summed E-state index contributed by atoms with van der Waals surface area (Å²) in [5, 5.41) is 0. The van der Waals surface area contributed by atoms with Gasteiger partial charge in [0.1, 0.15) is 23.7 Å². The highest BCUT2D eigenvalue weighted by Gasteiger charge is 2.50. The summed E-state index contributed by atoms with van der Waals surface area (Å²) in [5.41, 5.74) is -0.247. The van der Waals surface area contributed by atoms with Gasteiger partial charge in [0.2, 0.25) is 0 Å². The van der Waals surface area contributed by atoms with Crippen molar-refractivity contribution in [3.05, 3.63) is 0 Å². The zero-order valence-corrected chi connectivity index (χ0v) is 13.1. The van der Waals surface area contributed by atoms with E-state index < -0.39 is 8.56 Å². The van der Waals surface area contributed by atoms with E-state index in [1.807, 2.05) is 13.8 Å². The molecule has 0 bridgehead atoms. The molecule has 0 aromatic heterocycles. The molecule has 0 N–H and O–H groups in total. The van der Waals surface area contributed by atoms with Crippen molar-refractivity contribution in [2.45, 2.75) is 37.5 Å². The summed E-state index contributed by atoms with van der Waals surface area (Å²) in [6, 6.07) is 0. The van der Waals surface area contributed by atoms with Crippen molar-refractivity contribution in [1.82, 2.24) is 0 Å². The van der Waals surface area contributed by atoms with E-state index in [9.17, 15) is 0 Å². The fourth-order valence-electron chi connectivity index (χ4n) is 2.14. The van der Waals surface area contributed by atoms with Gasteiger partial charge in [0.05, 0.1) is 26.4 Å². The minimum Gasteiger partial charge on any atom is -0.395 e. The summed E-state index contributed by atoms with van der Waals surface area (Å²) in [6.07, 6.45) is 0.470. The molecule has 0 aromatic rings. The van der Waals surface area contributed by atoms with E-state index in [1.54, 1.807) is 14.2 Å². The lowest BCUT2D eigenvalue weighted by Crippen LogP contribution is -2.61. The van der Waals surface area contributed by atoms with Crippen LogP contribution in [0.25, 0.3) is 0 Å². The van der Waals surface area contributed by atoms with E-state index in [4.69, 9.17) is 27.8 Å². The molecule has 112 valence electrons. The summed E-state index contributed by atoms with van der Waals surface area (Å²) in [5.74, 6) is 0. The van der Waals surface area contributed by atoms with Gasteiger partial charge in [-0.1, -0.05) is 0 Å². The van der Waals surface area contributed by atoms with Gasteiger partial charge in [0.15, 0.2) is 0 Å². The second-order valence-corrected chi connectivity index (χ2v) is 8.88. The van der Waals surface area contributed by atoms with Crippen molar-refractivity contribution in [2.75, 3.05) is 40.6 Å². The molecule has 0 amide bonds. The molecule has 0 aromatic carbocycles. The molecule has 2 heterocycles. The Balaban J connectivity index is 1.87. The van der Waals surface area contributed by atoms with Gasteiger partial charge in [-0.05, 0) is 13.8 Å². The van der Waals surface area contributed by atoms with Crippen molar-refractivity contribution in [3.8, 4) is 0 Å². The third kappa shape index (κ3) is 3.97. The average molecular weight is 292 g/mol. The van der Waals surface area contributed by atoms with Crippen molar-refractivity contribution in [2.24, 2.45) is 0 Å². The SMILES string of the molecule is CO[Si](OC)(C(C)OCC1CO1)C(C)OCC1CO1. The molecule has 7 heteroatoms. The fourth-order valence-corrected chi connectivity index (χ4v) is 4.95. The number of epoxide rings is 2. The average Bonchev–Trinajstić information content (AvgIpc) is 3.30. The highest BCUT2D eigenvalue weighted by molar-refractivity contribution is 6.69. The maximum atomic E-state index is 5.83. The van der Waals surface area contributed by atoms with E-state index in [0.717, 1.165) is 13.2 Å². The predicted molar refractivity (Wildman–Crippen MR) is 70.1 cm³/mol. The van der Waals surface area contributed by atoms with Gasteiger partial charge in [0, 0.05) is 14.2 Å². The Morgan fingerprint density at radius 1 is 0.947 bits per heavy atom. The minimum absolute atomic E-state index is 0.123. The van der Waals surface area contributed by atoms with Crippen LogP contribution in [0.15, 0.2) is 0 Å². The quantitative estimate of drug-likeness (QED) is 0.429. The largest absolute Gasteiger partial charge is 0.396 e. The van der Waals surface area contributed by atoms with Crippen LogP contribution in [0.4, 0.5) is 0 Å². The van der Waals surface area contributed by atoms with Gasteiger partial charge < -0.3 is 27.8 Å². The molecular weight excluding hydrogens is 268 g/mol. The molecule has 4 unspecified atom stereocenters. The Bertz CT molecular complexity index is 253. The Kier molecular flexibility index (Phi) is 5.35. The first kappa shape index (κ1) is 15.4. The normalized spacial score (nSPS) is 29.1. The molecular formula is C12H24O6Si. The monoisotopic (exact) mass is 292 g/mol. The lowest BCUT2D eigenvalue weighted by Gasteiger charge is -2.37. The topological polar surface area (TPSA) is 62.0 Å². The lowest BCUT2D eigenvalue weighted by molar-refractivity contribution is 0.0136. The van der Waals surface area contributed by atoms with E-state index in [1.165, 1.54) is 0 Å². The van der Waals surface area contributed by atoms with Crippen LogP contribution in [0.1, 0.15) is 13.8 Å². The predicted octanol–water partition coefficient (Wildman–Crippen LogP) is 0.408. The van der Waals surface area contributed by atoms with Gasteiger partial charge >= 0.3 is 8.56 Å². The molecule has 0 spiro atoms. The third-order valence-electron chi connectivity index (χ3n) is 3.64. The van der Waals surface area contributed by atoms with Crippen molar-refractivity contribution in [3.63, 3.8) is 0 Å². The smallest absolute Gasteiger partial charge is 0.395 e. The molecule has 6 nitrogen and oxygen atoms in total. The highest BCUT2D eigenvalue weighted by atomic mass is 28.4. The summed E-state index contributed by atoms with van der Waals surface area (Å²) < 4.78 is 33.4. The Labute approximate surface area is 115 Å². The van der Waals surface area contributed by atoms with Gasteiger partial charge in [0.25, 0.3) is 0 Å². The van der Waals surface area contributed by atoms with Gasteiger partial charge in [-0.15, -0.1) is 0 Å². The zero-order chi connectivity index (χ0) is 13.9. The Morgan fingerprint density at radius 3 is 1.58 bits per heavy atom. The molecule has 0 aliphatic carbocycles. The molecule has 2 fully saturated rings. The number of hydrogen-bond acceptors (Lipinski definition) is 6. The second-order valence-electron chi connectivity index (χ2n) is 4.99. The van der Waals surface area contributed by atoms with E-state index in [2.05, 4.69) is 0 Å². The van der Waals surface area contributed by atoms with Crippen molar-refractivity contribution < 1.29 is 27.8 Å². The molecule has 2 aliphatic heterocycles. The van der Waals surface area contributed by atoms with Crippen LogP contribution in [0.3, 0.4) is 0 Å². The van der Waals surface area contributed by atoms with Gasteiger partial charge in [-0.25, -0.2) is 0 Å². The van der Waals surface area contributed by atoms with Gasteiger partial charge in [-0.3, -0.25) is 0 Å². The highest BCUT2D eigenvalue weighted by Crippen LogP contribution is 2.23. The van der Waals surface area contributed by atoms with E-state index >= 15 is 0 Å². The molecule has 0 radical (unpaired) electrons. The standard InChI is InChI=1S/C12H24O6Si/c1-9(15-5-11-7-17-11)19(13-3,14-4)10(2)16-6-12-8-18-12/h9-12H,5-8H2,1-4H3. The van der Waals surface area contributed by atoms with Gasteiger partial charge in [-0.2, -0.15) is 0 Å². The van der Waals surface area contributed by atoms with Crippen LogP contribution in [-0.4, -0.2) is 72.9 Å². The molecule has 2 saturated heterocycles. The Hall–Kier alpha value is -0.0231. The summed E-state index contributed by atoms with van der Waals surface area (Å²) in [4.78, 5) is 0. The van der Waals surface area contributed by atoms with Crippen LogP contribution in [-0.2, 0) is 27.8 Å². The fraction of sp³-hybridized carbons (Fsp3) is 1.00. The molecule has 2 aliphatic rings. The number of ether oxygens (including phenoxy) is 4. The molecule has 19 heavy (non-hydrogen) atoms. The lowest BCUT2D eigenvalue weighted by atomic mass is 10.5. The first-order valence-electron chi connectivity index (χ1n) is 6.69. The summed E-state index contributed by atoms with van der Waals surface area (Å²) in [6.45, 7) is 6.70. The van der Waals surface area contributed by atoms with Crippen molar-refractivity contribution >= 4 is 8.56 Å². The maximum Gasteiger partial charge on any atom is 0.396 e. The molecule has 4 atom stereocenters. The summed E-state index contributed by atoms with van der Waals surface area (Å²) in [7, 11) is 0.743. The maximum absolute atomic E-state index is 5.83. The first-order valence-corrected chi connectivity index (χ1v) is 8.66. The van der Waals surface area contributed by atoms with Crippen LogP contribution in [0.2, 0.25) is 0 Å². The van der Waals surface area contributed by atoms with Crippen LogP contribution in [0, 0.1) is 0 Å². The molecule has 2 rings (SSSR count). The zero-order valence-electron chi connectivity index (χ0n) is 12.1. The minimum atomic E-state index is -2.58. The third-order valence-corrected chi connectivity index (χ3v) is 7.52. The first-order chi connectivity index (χ1) is 9.12. The molecule has 0 saturated carbocycles. The summed E-state index contributed by atoms with van der Waals surface area (Å²) >= 11 is 0. The van der Waals surface area contributed by atoms with Crippen LogP contribution in [0.5, 0.6) is 0 Å². The van der Waals surface area contributed by atoms with E-state index in [-0.39, 0.29) is 23.7 Å². The van der Waals surface area contributed by atoms with Crippen LogP contribution >= 0.6 is 0 Å². The second kappa shape index (κ2) is 6.62. The van der Waals surface area contributed by atoms with Crippen molar-refractivity contribution in [1.29, 1.82) is 0 Å².